The molecule has 0 aromatic carbocycles. The third-order valence-electron chi connectivity index (χ3n) is 3.12. The predicted octanol–water partition coefficient (Wildman–Crippen LogP) is 1.88. The summed E-state index contributed by atoms with van der Waals surface area (Å²) in [6.07, 6.45) is 2.19. The lowest BCUT2D eigenvalue weighted by Gasteiger charge is -2.20. The van der Waals surface area contributed by atoms with Crippen LogP contribution in [0.1, 0.15) is 20.3 Å². The number of aromatic nitrogens is 2. The number of nitrogens with one attached hydrogen (secondary N) is 2. The molecule has 2 atom stereocenters. The Kier molecular flexibility index (Phi) is 4.30. The van der Waals surface area contributed by atoms with Crippen LogP contribution in [-0.4, -0.2) is 35.8 Å². The fourth-order valence-electron chi connectivity index (χ4n) is 1.99. The van der Waals surface area contributed by atoms with Crippen LogP contribution in [0.25, 0.3) is 0 Å². The lowest BCUT2D eigenvalue weighted by Crippen LogP contribution is -2.27. The summed E-state index contributed by atoms with van der Waals surface area (Å²) < 4.78 is 18.9. The summed E-state index contributed by atoms with van der Waals surface area (Å²) in [5.74, 6) is 0.668. The first-order valence-electron chi connectivity index (χ1n) is 6.31. The molecule has 0 amide bonds. The highest BCUT2D eigenvalue weighted by Gasteiger charge is 2.23. The van der Waals surface area contributed by atoms with Gasteiger partial charge in [0.1, 0.15) is 0 Å². The molecule has 1 aromatic heterocycles. The predicted molar refractivity (Wildman–Crippen MR) is 68.2 cm³/mol. The van der Waals surface area contributed by atoms with Gasteiger partial charge in [-0.05, 0) is 20.3 Å². The van der Waals surface area contributed by atoms with Gasteiger partial charge in [-0.1, -0.05) is 0 Å². The molecule has 1 aliphatic rings. The van der Waals surface area contributed by atoms with Crippen molar-refractivity contribution < 1.29 is 9.13 Å². The third kappa shape index (κ3) is 3.07. The molecule has 0 radical (unpaired) electrons. The molecule has 0 spiro atoms. The average Bonchev–Trinajstić information content (AvgIpc) is 2.87. The van der Waals surface area contributed by atoms with Crippen LogP contribution in [0.15, 0.2) is 6.20 Å². The molecule has 2 N–H and O–H groups in total. The van der Waals surface area contributed by atoms with E-state index in [0.29, 0.717) is 18.4 Å². The Morgan fingerprint density at radius 2 is 2.44 bits per heavy atom. The first kappa shape index (κ1) is 13.0. The molecule has 18 heavy (non-hydrogen) atoms. The van der Waals surface area contributed by atoms with Crippen LogP contribution in [-0.2, 0) is 4.74 Å². The van der Waals surface area contributed by atoms with Crippen LogP contribution in [0.4, 0.5) is 16.2 Å². The second-order valence-corrected chi connectivity index (χ2v) is 4.48. The molecule has 2 heterocycles. The first-order chi connectivity index (χ1) is 8.70. The lowest BCUT2D eigenvalue weighted by atomic mass is 10.0. The van der Waals surface area contributed by atoms with E-state index in [9.17, 15) is 4.39 Å². The largest absolute Gasteiger partial charge is 0.381 e. The van der Waals surface area contributed by atoms with Crippen LogP contribution in [0.5, 0.6) is 0 Å². The summed E-state index contributed by atoms with van der Waals surface area (Å²) in [5, 5.41) is 6.07. The van der Waals surface area contributed by atoms with Gasteiger partial charge in [0, 0.05) is 25.1 Å². The molecule has 0 saturated carbocycles. The Hall–Kier alpha value is -1.43. The standard InChI is InChI=1S/C12H19FN4O/c1-3-14-12-15-6-10(13)11(17-12)16-8(2)9-4-5-18-7-9/h6,8-9H,3-5,7H2,1-2H3,(H2,14,15,16,17). The summed E-state index contributed by atoms with van der Waals surface area (Å²) in [6, 6.07) is 0.131. The quantitative estimate of drug-likeness (QED) is 0.840. The number of ether oxygens (including phenoxy) is 1. The van der Waals surface area contributed by atoms with Crippen molar-refractivity contribution in [3.8, 4) is 0 Å². The van der Waals surface area contributed by atoms with Gasteiger partial charge >= 0.3 is 0 Å². The smallest absolute Gasteiger partial charge is 0.224 e. The highest BCUT2D eigenvalue weighted by Crippen LogP contribution is 2.21. The van der Waals surface area contributed by atoms with Crippen molar-refractivity contribution in [2.24, 2.45) is 5.92 Å². The number of anilines is 2. The van der Waals surface area contributed by atoms with E-state index >= 15 is 0 Å². The van der Waals surface area contributed by atoms with Crippen molar-refractivity contribution in [2.75, 3.05) is 30.4 Å². The highest BCUT2D eigenvalue weighted by atomic mass is 19.1. The maximum absolute atomic E-state index is 13.6. The molecule has 0 aliphatic carbocycles. The SMILES string of the molecule is CCNc1ncc(F)c(NC(C)C2CCOC2)n1. The topological polar surface area (TPSA) is 59.1 Å². The monoisotopic (exact) mass is 254 g/mol. The summed E-state index contributed by atoms with van der Waals surface area (Å²) in [6.45, 7) is 6.18. The Morgan fingerprint density at radius 3 is 3.11 bits per heavy atom. The van der Waals surface area contributed by atoms with E-state index < -0.39 is 5.82 Å². The van der Waals surface area contributed by atoms with Crippen LogP contribution in [0.2, 0.25) is 0 Å². The van der Waals surface area contributed by atoms with Crippen molar-refractivity contribution in [3.63, 3.8) is 0 Å². The maximum atomic E-state index is 13.6. The number of nitrogens with zero attached hydrogens (tertiary/aromatic N) is 2. The molecular weight excluding hydrogens is 235 g/mol. The van der Waals surface area contributed by atoms with Gasteiger partial charge in [-0.3, -0.25) is 0 Å². The second-order valence-electron chi connectivity index (χ2n) is 4.48. The van der Waals surface area contributed by atoms with Crippen molar-refractivity contribution in [1.82, 2.24) is 9.97 Å². The number of rotatable bonds is 5. The van der Waals surface area contributed by atoms with Crippen molar-refractivity contribution >= 4 is 11.8 Å². The van der Waals surface area contributed by atoms with E-state index in [1.165, 1.54) is 6.20 Å². The van der Waals surface area contributed by atoms with Gasteiger partial charge in [0.2, 0.25) is 5.95 Å². The molecule has 5 nitrogen and oxygen atoms in total. The van der Waals surface area contributed by atoms with Gasteiger partial charge in [-0.25, -0.2) is 9.37 Å². The summed E-state index contributed by atoms with van der Waals surface area (Å²) in [4.78, 5) is 8.00. The first-order valence-corrected chi connectivity index (χ1v) is 6.31. The Morgan fingerprint density at radius 1 is 1.61 bits per heavy atom. The van der Waals surface area contributed by atoms with Gasteiger partial charge in [0.25, 0.3) is 0 Å². The fourth-order valence-corrected chi connectivity index (χ4v) is 1.99. The zero-order valence-electron chi connectivity index (χ0n) is 10.7. The molecule has 2 unspecified atom stereocenters. The van der Waals surface area contributed by atoms with Crippen LogP contribution in [0, 0.1) is 11.7 Å². The Balaban J connectivity index is 2.04. The minimum Gasteiger partial charge on any atom is -0.381 e. The van der Waals surface area contributed by atoms with E-state index in [0.717, 1.165) is 19.6 Å². The maximum Gasteiger partial charge on any atom is 0.224 e. The molecule has 1 aromatic rings. The second kappa shape index (κ2) is 5.95. The molecule has 2 rings (SSSR count). The van der Waals surface area contributed by atoms with E-state index in [1.807, 2.05) is 13.8 Å². The van der Waals surface area contributed by atoms with Crippen LogP contribution >= 0.6 is 0 Å². The minimum absolute atomic E-state index is 0.131. The van der Waals surface area contributed by atoms with Gasteiger partial charge in [-0.15, -0.1) is 0 Å². The van der Waals surface area contributed by atoms with Crippen LogP contribution < -0.4 is 10.6 Å². The van der Waals surface area contributed by atoms with Gasteiger partial charge in [0.05, 0.1) is 12.8 Å². The zero-order chi connectivity index (χ0) is 13.0. The number of hydrogen-bond acceptors (Lipinski definition) is 5. The molecular formula is C12H19FN4O. The van der Waals surface area contributed by atoms with Gasteiger partial charge in [-0.2, -0.15) is 4.98 Å². The van der Waals surface area contributed by atoms with Crippen molar-refractivity contribution in [2.45, 2.75) is 26.3 Å². The number of halogens is 1. The summed E-state index contributed by atoms with van der Waals surface area (Å²) >= 11 is 0. The zero-order valence-corrected chi connectivity index (χ0v) is 10.7. The molecule has 1 saturated heterocycles. The molecule has 1 fully saturated rings. The normalized spacial score (nSPS) is 20.7. The lowest BCUT2D eigenvalue weighted by molar-refractivity contribution is 0.183. The van der Waals surface area contributed by atoms with Gasteiger partial charge < -0.3 is 15.4 Å². The molecule has 6 heteroatoms. The summed E-state index contributed by atoms with van der Waals surface area (Å²) in [7, 11) is 0. The van der Waals surface area contributed by atoms with Crippen LogP contribution in [0.3, 0.4) is 0 Å². The van der Waals surface area contributed by atoms with E-state index in [2.05, 4.69) is 20.6 Å². The van der Waals surface area contributed by atoms with E-state index in [-0.39, 0.29) is 11.9 Å². The summed E-state index contributed by atoms with van der Waals surface area (Å²) in [5.41, 5.74) is 0. The van der Waals surface area contributed by atoms with E-state index in [4.69, 9.17) is 4.74 Å². The third-order valence-corrected chi connectivity index (χ3v) is 3.12. The van der Waals surface area contributed by atoms with Crippen molar-refractivity contribution in [1.29, 1.82) is 0 Å². The molecule has 1 aliphatic heterocycles. The molecule has 100 valence electrons. The Bertz CT molecular complexity index is 396. The molecule has 0 bridgehead atoms. The fraction of sp³-hybridized carbons (Fsp3) is 0.667. The van der Waals surface area contributed by atoms with Crippen molar-refractivity contribution in [3.05, 3.63) is 12.0 Å². The minimum atomic E-state index is -0.428. The highest BCUT2D eigenvalue weighted by molar-refractivity contribution is 5.41. The van der Waals surface area contributed by atoms with Gasteiger partial charge in [0.15, 0.2) is 11.6 Å². The Labute approximate surface area is 106 Å². The number of hydrogen-bond donors (Lipinski definition) is 2. The van der Waals surface area contributed by atoms with E-state index in [1.54, 1.807) is 0 Å². The average molecular weight is 254 g/mol.